The Bertz CT molecular complexity index is 3010. The molecule has 0 spiro atoms. The molecule has 0 amide bonds. The first kappa shape index (κ1) is 49.1. The largest absolute Gasteiger partial charge is 0.184 e. The summed E-state index contributed by atoms with van der Waals surface area (Å²) in [6.07, 6.45) is 2.26. The summed E-state index contributed by atoms with van der Waals surface area (Å²) in [5.74, 6) is 1.34. The molecule has 10 aromatic rings. The quantitative estimate of drug-likeness (QED) is 0.105. The molecule has 0 fully saturated rings. The van der Waals surface area contributed by atoms with Crippen LogP contribution in [0.2, 0.25) is 0 Å². The van der Waals surface area contributed by atoms with Crippen LogP contribution in [0, 0.1) is 31.7 Å². The summed E-state index contributed by atoms with van der Waals surface area (Å²) in [7, 11) is 10.7. The van der Waals surface area contributed by atoms with Crippen molar-refractivity contribution >= 4 is 58.5 Å². The van der Waals surface area contributed by atoms with E-state index in [0.717, 1.165) is 22.4 Å². The third-order valence-electron chi connectivity index (χ3n) is 12.5. The maximum Gasteiger partial charge on any atom is 0.0920 e. The zero-order valence-corrected chi connectivity index (χ0v) is 44.8. The summed E-state index contributed by atoms with van der Waals surface area (Å²) in [5, 5.41) is 8.26. The maximum atomic E-state index is 4.93. The monoisotopic (exact) mass is 1010 g/mol. The molecule has 0 bridgehead atoms. The Morgan fingerprint density at radius 2 is 0.882 bits per heavy atom. The van der Waals surface area contributed by atoms with Gasteiger partial charge in [-0.2, -0.15) is 41.6 Å². The minimum absolute atomic E-state index is 0.669. The second-order valence-corrected chi connectivity index (χ2v) is 23.5. The fourth-order valence-electron chi connectivity index (χ4n) is 9.60. The Hall–Kier alpha value is -5.34. The first-order valence-corrected chi connectivity index (χ1v) is 31.0. The summed E-state index contributed by atoms with van der Waals surface area (Å²) >= 11 is -0.826. The van der Waals surface area contributed by atoms with Crippen LogP contribution >= 0.6 is 17.0 Å². The van der Waals surface area contributed by atoms with E-state index in [1.807, 2.05) is 6.07 Å². The van der Waals surface area contributed by atoms with Crippen molar-refractivity contribution in [1.82, 2.24) is 0 Å². The van der Waals surface area contributed by atoms with Crippen molar-refractivity contribution in [3.8, 4) is 55.6 Å². The molecule has 0 N–H and O–H groups in total. The summed E-state index contributed by atoms with van der Waals surface area (Å²) in [6, 6.07) is 75.8. The summed E-state index contributed by atoms with van der Waals surface area (Å²) < 4.78 is 0. The van der Waals surface area contributed by atoms with Crippen LogP contribution in [0.3, 0.4) is 0 Å². The van der Waals surface area contributed by atoms with Gasteiger partial charge >= 0.3 is 37.9 Å². The molecule has 0 aromatic heterocycles. The van der Waals surface area contributed by atoms with Gasteiger partial charge in [-0.25, -0.2) is 0 Å². The molecule has 0 unspecified atom stereocenters. The number of benzene rings is 8. The van der Waals surface area contributed by atoms with E-state index < -0.39 is 20.8 Å². The van der Waals surface area contributed by atoms with Crippen LogP contribution in [0.25, 0.3) is 77.2 Å². The van der Waals surface area contributed by atoms with Crippen LogP contribution in [-0.2, 0) is 33.7 Å². The SMILES string of the molecule is Cc1ccccc1-c1c(-c2ccccc2)ccc2[cH-]c(CC(C)C)cc12.Cc1ccccc1-c1c(-c2ccccc2)ccc2[cH-]c(CC(C)C)cc12.[Cl][Zr][Cl].[c-]1cccc2c1[Si]c1ccccc1-2. The molecule has 10 aromatic carbocycles. The molecule has 0 saturated carbocycles. The minimum Gasteiger partial charge on any atom is -0.184 e. The van der Waals surface area contributed by atoms with Crippen molar-refractivity contribution in [2.75, 3.05) is 0 Å². The van der Waals surface area contributed by atoms with Gasteiger partial charge in [0.15, 0.2) is 0 Å². The van der Waals surface area contributed by atoms with Crippen molar-refractivity contribution in [1.29, 1.82) is 0 Å². The smallest absolute Gasteiger partial charge is 0.0920 e. The Morgan fingerprint density at radius 3 is 1.34 bits per heavy atom. The van der Waals surface area contributed by atoms with E-state index in [4.69, 9.17) is 17.0 Å². The molecule has 2 radical (unpaired) electrons. The molecular weight excluding hydrogens is 959 g/mol. The molecule has 0 atom stereocenters. The van der Waals surface area contributed by atoms with E-state index in [9.17, 15) is 0 Å². The number of fused-ring (bicyclic) bond motifs is 5. The van der Waals surface area contributed by atoms with E-state index in [1.54, 1.807) is 0 Å². The van der Waals surface area contributed by atoms with Gasteiger partial charge in [0.05, 0.1) is 9.52 Å². The van der Waals surface area contributed by atoms with Crippen LogP contribution < -0.4 is 10.4 Å². The summed E-state index contributed by atoms with van der Waals surface area (Å²) in [5.41, 5.74) is 18.9. The maximum absolute atomic E-state index is 4.93. The van der Waals surface area contributed by atoms with Gasteiger partial charge in [-0.3, -0.25) is 0 Å². The number of hydrogen-bond acceptors (Lipinski definition) is 0. The Morgan fingerprint density at radius 1 is 0.471 bits per heavy atom. The first-order valence-electron chi connectivity index (χ1n) is 23.6. The third kappa shape index (κ3) is 11.6. The predicted octanol–water partition coefficient (Wildman–Crippen LogP) is 17.3. The number of hydrogen-bond donors (Lipinski definition) is 0. The van der Waals surface area contributed by atoms with Gasteiger partial charge in [0.2, 0.25) is 0 Å². The number of aryl methyl sites for hydroxylation is 2. The molecule has 68 heavy (non-hydrogen) atoms. The topological polar surface area (TPSA) is 0 Å². The Balaban J connectivity index is 0.000000140. The van der Waals surface area contributed by atoms with Crippen LogP contribution in [0.1, 0.15) is 49.9 Å². The van der Waals surface area contributed by atoms with Crippen molar-refractivity contribution in [2.24, 2.45) is 11.8 Å². The van der Waals surface area contributed by atoms with Crippen molar-refractivity contribution in [3.63, 3.8) is 0 Å². The van der Waals surface area contributed by atoms with Gasteiger partial charge in [0, 0.05) is 0 Å². The zero-order valence-electron chi connectivity index (χ0n) is 39.9. The zero-order chi connectivity index (χ0) is 47.6. The first-order chi connectivity index (χ1) is 33.1. The Labute approximate surface area is 426 Å². The van der Waals surface area contributed by atoms with Gasteiger partial charge in [0.25, 0.3) is 0 Å². The van der Waals surface area contributed by atoms with Crippen LogP contribution in [0.4, 0.5) is 0 Å². The molecule has 11 rings (SSSR count). The van der Waals surface area contributed by atoms with E-state index in [0.29, 0.717) is 11.8 Å². The van der Waals surface area contributed by atoms with Crippen molar-refractivity contribution in [2.45, 2.75) is 54.4 Å². The fraction of sp³-hybridized carbons (Fsp3) is 0.156. The molecule has 338 valence electrons. The summed E-state index contributed by atoms with van der Waals surface area (Å²) in [6.45, 7) is 13.6. The molecule has 1 heterocycles. The fourth-order valence-corrected chi connectivity index (χ4v) is 10.9. The minimum atomic E-state index is -0.826. The molecule has 1 aliphatic rings. The predicted molar refractivity (Wildman–Crippen MR) is 295 cm³/mol. The molecule has 1 aliphatic heterocycles. The second-order valence-electron chi connectivity index (χ2n) is 18.5. The Kier molecular flexibility index (Phi) is 16.8. The van der Waals surface area contributed by atoms with Crippen LogP contribution in [0.5, 0.6) is 0 Å². The molecule has 0 saturated heterocycles. The average Bonchev–Trinajstić information content (AvgIpc) is 4.07. The average molecular weight is 1020 g/mol. The van der Waals surface area contributed by atoms with Gasteiger partial charge in [0.1, 0.15) is 0 Å². The van der Waals surface area contributed by atoms with Crippen LogP contribution in [0.15, 0.2) is 200 Å². The van der Waals surface area contributed by atoms with Gasteiger partial charge in [-0.15, -0.1) is 62.5 Å². The standard InChI is InChI=1S/2C26H25.C12H7Si.2ClH.Zr/c2*1-18(2)15-20-16-22-13-14-24(21-10-5-4-6-11-21)26(25(22)17-20)23-12-8-7-9-19(23)3;1-3-7-11-9(5-1)10-6-2-4-8-12(10)13-11;;;/h2*4-14,16-18H,15H2,1-3H3;1-7H;2*1H;/q3*-1;;;+2/p-2. The van der Waals surface area contributed by atoms with Gasteiger partial charge < -0.3 is 0 Å². The van der Waals surface area contributed by atoms with Crippen molar-refractivity contribution in [3.05, 3.63) is 229 Å². The molecule has 4 heteroatoms. The van der Waals surface area contributed by atoms with Gasteiger partial charge in [-0.1, -0.05) is 195 Å². The molecular formula is C64H57Cl2SiZr-3. The van der Waals surface area contributed by atoms with E-state index in [1.165, 1.54) is 110 Å². The van der Waals surface area contributed by atoms with E-state index >= 15 is 0 Å². The second kappa shape index (κ2) is 23.3. The molecule has 0 aliphatic carbocycles. The van der Waals surface area contributed by atoms with Crippen molar-refractivity contribution < 1.29 is 20.8 Å². The summed E-state index contributed by atoms with van der Waals surface area (Å²) in [4.78, 5) is 0. The number of halogens is 2. The third-order valence-corrected chi connectivity index (χ3v) is 13.9. The van der Waals surface area contributed by atoms with Gasteiger partial charge in [-0.05, 0) is 83.0 Å². The normalized spacial score (nSPS) is 11.3. The number of rotatable bonds is 8. The van der Waals surface area contributed by atoms with Crippen LogP contribution in [-0.4, -0.2) is 9.52 Å². The van der Waals surface area contributed by atoms with E-state index in [2.05, 4.69) is 242 Å². The molecule has 0 nitrogen and oxygen atoms in total. The van der Waals surface area contributed by atoms with E-state index in [-0.39, 0.29) is 0 Å².